The Morgan fingerprint density at radius 2 is 1.85 bits per heavy atom. The largest absolute Gasteiger partial charge is 0.412 e. The van der Waals surface area contributed by atoms with Crippen LogP contribution < -0.4 is 10.1 Å². The summed E-state index contributed by atoms with van der Waals surface area (Å²) in [6.07, 6.45) is -3.13. The summed E-state index contributed by atoms with van der Waals surface area (Å²) in [5, 5.41) is 22.2. The molecule has 2 rings (SSSR count). The molecule has 0 saturated heterocycles. The average Bonchev–Trinajstić information content (AvgIpc) is 2.60. The molecule has 1 aliphatic carbocycles. The summed E-state index contributed by atoms with van der Waals surface area (Å²) in [6.45, 7) is -0.913. The number of alkyl halides is 3. The second kappa shape index (κ2) is 9.03. The lowest BCUT2D eigenvalue weighted by atomic mass is 9.80. The molecule has 1 aromatic rings. The number of aliphatic hydroxyl groups excluding tert-OH is 1. The van der Waals surface area contributed by atoms with Gasteiger partial charge in [-0.15, -0.1) is 0 Å². The number of nitrogens with zero attached hydrogens (tertiary/aromatic N) is 1. The number of ether oxygens (including phenoxy) is 1. The second-order valence-corrected chi connectivity index (χ2v) is 6.66. The predicted octanol–water partition coefficient (Wildman–Crippen LogP) is 3.80. The van der Waals surface area contributed by atoms with Crippen molar-refractivity contribution in [2.75, 3.05) is 6.61 Å². The molecule has 2 N–H and O–H groups in total. The molecule has 0 aliphatic heterocycles. The van der Waals surface area contributed by atoms with Crippen molar-refractivity contribution in [3.8, 4) is 5.75 Å². The van der Waals surface area contributed by atoms with Gasteiger partial charge >= 0.3 is 12.3 Å². The van der Waals surface area contributed by atoms with Crippen molar-refractivity contribution in [3.05, 3.63) is 34.4 Å². The lowest BCUT2D eigenvalue weighted by Crippen LogP contribution is -2.40. The molecular formula is C17H21F3N2O5. The molecular weight excluding hydrogens is 369 g/mol. The summed E-state index contributed by atoms with van der Waals surface area (Å²) in [5.74, 6) is -1.70. The Bertz CT molecular complexity index is 643. The van der Waals surface area contributed by atoms with E-state index in [1.807, 2.05) is 0 Å². The molecule has 1 aromatic carbocycles. The molecule has 1 saturated carbocycles. The zero-order valence-electron chi connectivity index (χ0n) is 14.4. The van der Waals surface area contributed by atoms with Crippen LogP contribution in [0.2, 0.25) is 0 Å². The van der Waals surface area contributed by atoms with Crippen LogP contribution in [-0.2, 0) is 0 Å². The Hall–Kier alpha value is -2.36. The maximum Gasteiger partial charge on any atom is 0.412 e. The minimum absolute atomic E-state index is 0.111. The van der Waals surface area contributed by atoms with E-state index in [2.05, 4.69) is 5.32 Å². The van der Waals surface area contributed by atoms with E-state index in [1.54, 1.807) is 0 Å². The van der Waals surface area contributed by atoms with Crippen LogP contribution >= 0.6 is 0 Å². The van der Waals surface area contributed by atoms with Crippen LogP contribution in [0.1, 0.15) is 32.1 Å². The Morgan fingerprint density at radius 3 is 2.33 bits per heavy atom. The normalized spacial score (nSPS) is 21.3. The third-order valence-electron chi connectivity index (χ3n) is 4.73. The first-order valence-electron chi connectivity index (χ1n) is 8.59. The molecule has 1 fully saturated rings. The SMILES string of the molecule is O=C(NC1CCC(CC(CO)C(F)(F)F)CC1)Oc1ccc([N+](=O)[O-])cc1. The Labute approximate surface area is 153 Å². The number of hydrogen-bond donors (Lipinski definition) is 2. The summed E-state index contributed by atoms with van der Waals surface area (Å²) in [7, 11) is 0. The molecule has 1 aliphatic rings. The zero-order valence-corrected chi connectivity index (χ0v) is 14.4. The van der Waals surface area contributed by atoms with Gasteiger partial charge in [-0.1, -0.05) is 0 Å². The first-order chi connectivity index (χ1) is 12.7. The number of carbonyl (C=O) groups excluding carboxylic acids is 1. The molecule has 1 unspecified atom stereocenters. The molecule has 27 heavy (non-hydrogen) atoms. The molecule has 0 spiro atoms. The van der Waals surface area contributed by atoms with Gasteiger partial charge in [0.1, 0.15) is 5.75 Å². The van der Waals surface area contributed by atoms with Crippen molar-refractivity contribution in [3.63, 3.8) is 0 Å². The Morgan fingerprint density at radius 1 is 1.26 bits per heavy atom. The number of benzene rings is 1. The smallest absolute Gasteiger partial charge is 0.410 e. The van der Waals surface area contributed by atoms with E-state index in [9.17, 15) is 28.1 Å². The van der Waals surface area contributed by atoms with Crippen molar-refractivity contribution in [2.45, 2.75) is 44.3 Å². The molecule has 7 nitrogen and oxygen atoms in total. The topological polar surface area (TPSA) is 102 Å². The van der Waals surface area contributed by atoms with Crippen molar-refractivity contribution < 1.29 is 32.7 Å². The predicted molar refractivity (Wildman–Crippen MR) is 89.2 cm³/mol. The molecule has 10 heteroatoms. The van der Waals surface area contributed by atoms with E-state index in [0.29, 0.717) is 25.7 Å². The van der Waals surface area contributed by atoms with Crippen LogP contribution in [0.25, 0.3) is 0 Å². The van der Waals surface area contributed by atoms with Crippen molar-refractivity contribution in [1.82, 2.24) is 5.32 Å². The van der Waals surface area contributed by atoms with E-state index in [-0.39, 0.29) is 29.8 Å². The summed E-state index contributed by atoms with van der Waals surface area (Å²) >= 11 is 0. The molecule has 0 heterocycles. The quantitative estimate of drug-likeness (QED) is 0.568. The van der Waals surface area contributed by atoms with Gasteiger partial charge < -0.3 is 15.2 Å². The summed E-state index contributed by atoms with van der Waals surface area (Å²) in [6, 6.07) is 4.84. The second-order valence-electron chi connectivity index (χ2n) is 6.66. The highest BCUT2D eigenvalue weighted by atomic mass is 19.4. The highest BCUT2D eigenvalue weighted by Crippen LogP contribution is 2.36. The van der Waals surface area contributed by atoms with Gasteiger partial charge in [-0.3, -0.25) is 10.1 Å². The fraction of sp³-hybridized carbons (Fsp3) is 0.588. The van der Waals surface area contributed by atoms with E-state index in [0.717, 1.165) is 0 Å². The fourth-order valence-electron chi connectivity index (χ4n) is 3.20. The van der Waals surface area contributed by atoms with Crippen LogP contribution in [0, 0.1) is 22.0 Å². The number of non-ortho nitro benzene ring substituents is 1. The number of amides is 1. The number of nitro benzene ring substituents is 1. The van der Waals surface area contributed by atoms with Gasteiger partial charge in [0, 0.05) is 18.2 Å². The molecule has 1 atom stereocenters. The van der Waals surface area contributed by atoms with E-state index < -0.39 is 29.7 Å². The number of hydrogen-bond acceptors (Lipinski definition) is 5. The van der Waals surface area contributed by atoms with Gasteiger partial charge in [0.05, 0.1) is 17.4 Å². The standard InChI is InChI=1S/C17H21F3N2O5/c18-17(19,20)12(10-23)9-11-1-3-13(4-2-11)21-16(24)27-15-7-5-14(6-8-15)22(25)26/h5-8,11-13,23H,1-4,9-10H2,(H,21,24). The molecule has 0 radical (unpaired) electrons. The molecule has 1 amide bonds. The number of carbonyl (C=O) groups is 1. The van der Waals surface area contributed by atoms with Crippen LogP contribution in [0.4, 0.5) is 23.7 Å². The molecule has 150 valence electrons. The number of halogens is 3. The average molecular weight is 390 g/mol. The van der Waals surface area contributed by atoms with Gasteiger partial charge in [-0.25, -0.2) is 4.79 Å². The van der Waals surface area contributed by atoms with Crippen LogP contribution in [0.15, 0.2) is 24.3 Å². The van der Waals surface area contributed by atoms with E-state index in [4.69, 9.17) is 9.84 Å². The van der Waals surface area contributed by atoms with Crippen LogP contribution in [0.3, 0.4) is 0 Å². The highest BCUT2D eigenvalue weighted by Gasteiger charge is 2.40. The van der Waals surface area contributed by atoms with Crippen molar-refractivity contribution in [1.29, 1.82) is 0 Å². The third kappa shape index (κ3) is 6.38. The van der Waals surface area contributed by atoms with Gasteiger partial charge in [0.15, 0.2) is 0 Å². The summed E-state index contributed by atoms with van der Waals surface area (Å²) in [5.41, 5.74) is -0.124. The minimum atomic E-state index is -4.40. The number of nitro groups is 1. The van der Waals surface area contributed by atoms with Gasteiger partial charge in [-0.05, 0) is 50.2 Å². The lowest BCUT2D eigenvalue weighted by Gasteiger charge is -2.31. The number of rotatable bonds is 6. The maximum absolute atomic E-state index is 12.7. The van der Waals surface area contributed by atoms with E-state index in [1.165, 1.54) is 24.3 Å². The monoisotopic (exact) mass is 390 g/mol. The van der Waals surface area contributed by atoms with Crippen LogP contribution in [0.5, 0.6) is 5.75 Å². The van der Waals surface area contributed by atoms with Crippen molar-refractivity contribution >= 4 is 11.8 Å². The lowest BCUT2D eigenvalue weighted by molar-refractivity contribution is -0.384. The first-order valence-corrected chi connectivity index (χ1v) is 8.59. The minimum Gasteiger partial charge on any atom is -0.410 e. The summed E-state index contributed by atoms with van der Waals surface area (Å²) < 4.78 is 43.2. The number of aliphatic hydroxyl groups is 1. The van der Waals surface area contributed by atoms with Gasteiger partial charge in [0.25, 0.3) is 5.69 Å². The molecule has 0 bridgehead atoms. The van der Waals surface area contributed by atoms with Gasteiger partial charge in [-0.2, -0.15) is 13.2 Å². The fourth-order valence-corrected chi connectivity index (χ4v) is 3.20. The third-order valence-corrected chi connectivity index (χ3v) is 4.73. The summed E-state index contributed by atoms with van der Waals surface area (Å²) in [4.78, 5) is 21.9. The Kier molecular flexibility index (Phi) is 7.00. The zero-order chi connectivity index (χ0) is 20.0. The number of nitrogens with one attached hydrogen (secondary N) is 1. The molecule has 0 aromatic heterocycles. The first kappa shape index (κ1) is 20.9. The van der Waals surface area contributed by atoms with Crippen molar-refractivity contribution in [2.24, 2.45) is 11.8 Å². The van der Waals surface area contributed by atoms with E-state index >= 15 is 0 Å². The van der Waals surface area contributed by atoms with Gasteiger partial charge in [0.2, 0.25) is 0 Å². The van der Waals surface area contributed by atoms with Crippen LogP contribution in [-0.4, -0.2) is 34.9 Å². The Balaban J connectivity index is 1.76. The highest BCUT2D eigenvalue weighted by molar-refractivity contribution is 5.70. The maximum atomic E-state index is 12.7.